The minimum Gasteiger partial charge on any atom is -0.468 e. The summed E-state index contributed by atoms with van der Waals surface area (Å²) in [6.45, 7) is 6.33. The van der Waals surface area contributed by atoms with Crippen LogP contribution in [-0.2, 0) is 22.5 Å². The van der Waals surface area contributed by atoms with E-state index in [0.717, 1.165) is 6.42 Å². The van der Waals surface area contributed by atoms with Crippen molar-refractivity contribution in [2.24, 2.45) is 5.41 Å². The van der Waals surface area contributed by atoms with Crippen LogP contribution < -0.4 is 0 Å². The maximum absolute atomic E-state index is 11.1. The van der Waals surface area contributed by atoms with Gasteiger partial charge in [-0.3, -0.25) is 4.79 Å². The molecule has 0 saturated carbocycles. The molecule has 6 nitrogen and oxygen atoms in total. The topological polar surface area (TPSA) is 69.9 Å². The standard InChI is InChI=1S/C9H16N4O2/c1-9(2,3)5-7-10-11-12-13(7)6-8(14)15-4/h5-6H2,1-4H3. The lowest BCUT2D eigenvalue weighted by atomic mass is 9.92. The first-order valence-corrected chi connectivity index (χ1v) is 4.74. The van der Waals surface area contributed by atoms with Crippen LogP contribution in [0, 0.1) is 5.41 Å². The number of nitrogens with zero attached hydrogens (tertiary/aromatic N) is 4. The number of carbonyl (C=O) groups excluding carboxylic acids is 1. The Morgan fingerprint density at radius 3 is 2.67 bits per heavy atom. The summed E-state index contributed by atoms with van der Waals surface area (Å²) in [6, 6.07) is 0. The van der Waals surface area contributed by atoms with Crippen LogP contribution in [0.3, 0.4) is 0 Å². The van der Waals surface area contributed by atoms with E-state index in [2.05, 4.69) is 41.0 Å². The van der Waals surface area contributed by atoms with E-state index in [1.807, 2.05) is 0 Å². The van der Waals surface area contributed by atoms with Crippen molar-refractivity contribution in [2.45, 2.75) is 33.7 Å². The van der Waals surface area contributed by atoms with Gasteiger partial charge in [0, 0.05) is 6.42 Å². The van der Waals surface area contributed by atoms with Crippen molar-refractivity contribution in [3.05, 3.63) is 5.82 Å². The lowest BCUT2D eigenvalue weighted by Gasteiger charge is -2.16. The van der Waals surface area contributed by atoms with E-state index in [0.29, 0.717) is 5.82 Å². The third kappa shape index (κ3) is 3.65. The molecule has 1 heterocycles. The van der Waals surface area contributed by atoms with E-state index in [-0.39, 0.29) is 17.9 Å². The highest BCUT2D eigenvalue weighted by atomic mass is 16.5. The summed E-state index contributed by atoms with van der Waals surface area (Å²) < 4.78 is 6.02. The van der Waals surface area contributed by atoms with Gasteiger partial charge >= 0.3 is 5.97 Å². The summed E-state index contributed by atoms with van der Waals surface area (Å²) in [4.78, 5) is 11.1. The molecule has 0 spiro atoms. The highest BCUT2D eigenvalue weighted by molar-refractivity contribution is 5.68. The average molecular weight is 212 g/mol. The minimum absolute atomic E-state index is 0.0644. The van der Waals surface area contributed by atoms with Gasteiger partial charge in [0.1, 0.15) is 6.54 Å². The normalized spacial score (nSPS) is 11.5. The second-order valence-corrected chi connectivity index (χ2v) is 4.57. The molecule has 0 fully saturated rings. The fourth-order valence-electron chi connectivity index (χ4n) is 1.13. The molecule has 0 atom stereocenters. The SMILES string of the molecule is COC(=O)Cn1nnnc1CC(C)(C)C. The highest BCUT2D eigenvalue weighted by Gasteiger charge is 2.18. The van der Waals surface area contributed by atoms with E-state index >= 15 is 0 Å². The van der Waals surface area contributed by atoms with E-state index in [1.165, 1.54) is 11.8 Å². The lowest BCUT2D eigenvalue weighted by Crippen LogP contribution is -2.19. The van der Waals surface area contributed by atoms with Gasteiger partial charge < -0.3 is 4.74 Å². The Hall–Kier alpha value is -1.46. The van der Waals surface area contributed by atoms with Gasteiger partial charge in [-0.2, -0.15) is 0 Å². The molecular formula is C9H16N4O2. The molecule has 0 aliphatic carbocycles. The molecule has 0 saturated heterocycles. The van der Waals surface area contributed by atoms with Crippen LogP contribution in [0.4, 0.5) is 0 Å². The number of methoxy groups -OCH3 is 1. The summed E-state index contributed by atoms with van der Waals surface area (Å²) in [5.41, 5.74) is 0.0859. The molecule has 1 aromatic rings. The summed E-state index contributed by atoms with van der Waals surface area (Å²) in [6.07, 6.45) is 0.719. The maximum atomic E-state index is 11.1. The van der Waals surface area contributed by atoms with Crippen LogP contribution in [0.1, 0.15) is 26.6 Å². The zero-order valence-electron chi connectivity index (χ0n) is 9.52. The number of tetrazole rings is 1. The van der Waals surface area contributed by atoms with Crippen molar-refractivity contribution in [3.8, 4) is 0 Å². The Labute approximate surface area is 88.6 Å². The Bertz CT molecular complexity index is 340. The molecule has 0 aliphatic heterocycles. The fraction of sp³-hybridized carbons (Fsp3) is 0.778. The number of ether oxygens (including phenoxy) is 1. The molecule has 0 aliphatic rings. The van der Waals surface area contributed by atoms with E-state index in [9.17, 15) is 4.79 Å². The molecule has 0 aromatic carbocycles. The Morgan fingerprint density at radius 2 is 2.13 bits per heavy atom. The maximum Gasteiger partial charge on any atom is 0.327 e. The second-order valence-electron chi connectivity index (χ2n) is 4.57. The number of hydrogen-bond donors (Lipinski definition) is 0. The van der Waals surface area contributed by atoms with Gasteiger partial charge in [-0.05, 0) is 15.8 Å². The predicted octanol–water partition coefficient (Wildman–Crippen LogP) is 0.435. The van der Waals surface area contributed by atoms with Gasteiger partial charge in [0.2, 0.25) is 0 Å². The Balaban J connectivity index is 2.74. The fourth-order valence-corrected chi connectivity index (χ4v) is 1.13. The van der Waals surface area contributed by atoms with E-state index < -0.39 is 0 Å². The first-order chi connectivity index (χ1) is 6.92. The molecule has 0 radical (unpaired) electrons. The first kappa shape index (κ1) is 11.6. The smallest absolute Gasteiger partial charge is 0.327 e. The molecule has 84 valence electrons. The number of rotatable bonds is 3. The zero-order valence-corrected chi connectivity index (χ0v) is 9.52. The zero-order chi connectivity index (χ0) is 11.5. The van der Waals surface area contributed by atoms with Crippen LogP contribution in [-0.4, -0.2) is 33.3 Å². The van der Waals surface area contributed by atoms with Gasteiger partial charge in [0.15, 0.2) is 5.82 Å². The molecule has 1 rings (SSSR count). The van der Waals surface area contributed by atoms with Crippen molar-refractivity contribution < 1.29 is 9.53 Å². The molecular weight excluding hydrogens is 196 g/mol. The van der Waals surface area contributed by atoms with Crippen LogP contribution in [0.15, 0.2) is 0 Å². The van der Waals surface area contributed by atoms with Gasteiger partial charge in [-0.15, -0.1) is 5.10 Å². The third-order valence-corrected chi connectivity index (χ3v) is 1.80. The molecule has 0 N–H and O–H groups in total. The Morgan fingerprint density at radius 1 is 1.47 bits per heavy atom. The third-order valence-electron chi connectivity index (χ3n) is 1.80. The van der Waals surface area contributed by atoms with Gasteiger partial charge in [-0.1, -0.05) is 20.8 Å². The van der Waals surface area contributed by atoms with E-state index in [4.69, 9.17) is 0 Å². The predicted molar refractivity (Wildman–Crippen MR) is 53.0 cm³/mol. The molecule has 15 heavy (non-hydrogen) atoms. The summed E-state index contributed by atoms with van der Waals surface area (Å²) in [5.74, 6) is 0.352. The van der Waals surface area contributed by atoms with Gasteiger partial charge in [0.25, 0.3) is 0 Å². The largest absolute Gasteiger partial charge is 0.468 e. The number of carbonyl (C=O) groups is 1. The number of esters is 1. The monoisotopic (exact) mass is 212 g/mol. The highest BCUT2D eigenvalue weighted by Crippen LogP contribution is 2.18. The Kier molecular flexibility index (Phi) is 3.39. The molecule has 0 amide bonds. The van der Waals surface area contributed by atoms with Crippen LogP contribution in [0.2, 0.25) is 0 Å². The lowest BCUT2D eigenvalue weighted by molar-refractivity contribution is -0.141. The molecule has 1 aromatic heterocycles. The van der Waals surface area contributed by atoms with Crippen molar-refractivity contribution in [3.63, 3.8) is 0 Å². The van der Waals surface area contributed by atoms with Crippen molar-refractivity contribution in [1.29, 1.82) is 0 Å². The molecule has 0 unspecified atom stereocenters. The van der Waals surface area contributed by atoms with Crippen LogP contribution >= 0.6 is 0 Å². The average Bonchev–Trinajstić information content (AvgIpc) is 2.50. The summed E-state index contributed by atoms with van der Waals surface area (Å²) in [7, 11) is 1.34. The van der Waals surface area contributed by atoms with Crippen LogP contribution in [0.5, 0.6) is 0 Å². The second kappa shape index (κ2) is 4.37. The molecule has 0 bridgehead atoms. The van der Waals surface area contributed by atoms with Crippen molar-refractivity contribution in [1.82, 2.24) is 20.2 Å². The molecule has 6 heteroatoms. The van der Waals surface area contributed by atoms with Crippen molar-refractivity contribution >= 4 is 5.97 Å². The number of aromatic nitrogens is 4. The number of hydrogen-bond acceptors (Lipinski definition) is 5. The van der Waals surface area contributed by atoms with E-state index in [1.54, 1.807) is 0 Å². The minimum atomic E-state index is -0.350. The van der Waals surface area contributed by atoms with Gasteiger partial charge in [0.05, 0.1) is 7.11 Å². The summed E-state index contributed by atoms with van der Waals surface area (Å²) >= 11 is 0. The first-order valence-electron chi connectivity index (χ1n) is 4.74. The van der Waals surface area contributed by atoms with Crippen LogP contribution in [0.25, 0.3) is 0 Å². The quantitative estimate of drug-likeness (QED) is 0.680. The van der Waals surface area contributed by atoms with Gasteiger partial charge in [-0.25, -0.2) is 4.68 Å². The van der Waals surface area contributed by atoms with Crippen molar-refractivity contribution in [2.75, 3.05) is 7.11 Å². The summed E-state index contributed by atoms with van der Waals surface area (Å²) in [5, 5.41) is 11.2.